The zero-order chi connectivity index (χ0) is 17.6. The van der Waals surface area contributed by atoms with Crippen LogP contribution in [0.25, 0.3) is 0 Å². The number of carbonyl (C=O) groups excluding carboxylic acids is 1. The van der Waals surface area contributed by atoms with Crippen molar-refractivity contribution in [1.29, 1.82) is 0 Å². The first kappa shape index (κ1) is 17.3. The van der Waals surface area contributed by atoms with Gasteiger partial charge in [-0.3, -0.25) is 14.5 Å². The first-order valence-corrected chi connectivity index (χ1v) is 8.32. The van der Waals surface area contributed by atoms with Crippen molar-refractivity contribution in [2.24, 2.45) is 7.05 Å². The molecule has 7 heteroatoms. The van der Waals surface area contributed by atoms with E-state index in [1.165, 1.54) is 24.7 Å². The van der Waals surface area contributed by atoms with Crippen molar-refractivity contribution in [2.75, 3.05) is 26.3 Å². The summed E-state index contributed by atoms with van der Waals surface area (Å²) >= 11 is 0. The molecule has 0 aliphatic carbocycles. The Labute approximate surface area is 146 Å². The van der Waals surface area contributed by atoms with Gasteiger partial charge in [0.2, 0.25) is 0 Å². The number of hydrogen-bond donors (Lipinski definition) is 1. The zero-order valence-electron chi connectivity index (χ0n) is 14.3. The maximum Gasteiger partial charge on any atom is 0.271 e. The van der Waals surface area contributed by atoms with Gasteiger partial charge in [0.05, 0.1) is 13.2 Å². The van der Waals surface area contributed by atoms with Gasteiger partial charge in [-0.15, -0.1) is 0 Å². The lowest BCUT2D eigenvalue weighted by Gasteiger charge is -2.26. The molecule has 1 aliphatic rings. The minimum Gasteiger partial charge on any atom is -0.379 e. The van der Waals surface area contributed by atoms with E-state index in [4.69, 9.17) is 4.74 Å². The van der Waals surface area contributed by atoms with Crippen LogP contribution in [0.4, 0.5) is 0 Å². The maximum absolute atomic E-state index is 12.2. The third kappa shape index (κ3) is 4.74. The molecule has 1 saturated heterocycles. The largest absolute Gasteiger partial charge is 0.379 e. The Morgan fingerprint density at radius 1 is 1.20 bits per heavy atom. The van der Waals surface area contributed by atoms with E-state index in [9.17, 15) is 9.59 Å². The number of nitrogens with zero attached hydrogens (tertiary/aromatic N) is 3. The Bertz CT molecular complexity index is 797. The van der Waals surface area contributed by atoms with E-state index in [0.29, 0.717) is 6.54 Å². The normalized spacial score (nSPS) is 15.1. The summed E-state index contributed by atoms with van der Waals surface area (Å²) in [6.07, 6.45) is 0. The lowest BCUT2D eigenvalue weighted by Crippen LogP contribution is -2.35. The van der Waals surface area contributed by atoms with Crippen LogP contribution in [0.2, 0.25) is 0 Å². The summed E-state index contributed by atoms with van der Waals surface area (Å²) < 4.78 is 6.52. The van der Waals surface area contributed by atoms with Crippen LogP contribution in [0.15, 0.2) is 41.2 Å². The fourth-order valence-electron chi connectivity index (χ4n) is 2.75. The number of rotatable bonds is 5. The average molecular weight is 342 g/mol. The number of aromatic nitrogens is 2. The van der Waals surface area contributed by atoms with E-state index in [-0.39, 0.29) is 17.2 Å². The predicted octanol–water partition coefficient (Wildman–Crippen LogP) is 0.542. The van der Waals surface area contributed by atoms with Crippen molar-refractivity contribution in [3.8, 4) is 0 Å². The van der Waals surface area contributed by atoms with Crippen molar-refractivity contribution in [3.63, 3.8) is 0 Å². The van der Waals surface area contributed by atoms with Crippen molar-refractivity contribution in [2.45, 2.75) is 13.1 Å². The van der Waals surface area contributed by atoms with E-state index in [2.05, 4.69) is 27.4 Å². The lowest BCUT2D eigenvalue weighted by atomic mass is 10.1. The molecule has 2 heterocycles. The number of hydrogen-bond acceptors (Lipinski definition) is 5. The van der Waals surface area contributed by atoms with E-state index >= 15 is 0 Å². The molecule has 1 amide bonds. The summed E-state index contributed by atoms with van der Waals surface area (Å²) in [7, 11) is 1.52. The molecule has 1 aromatic carbocycles. The lowest BCUT2D eigenvalue weighted by molar-refractivity contribution is 0.0342. The molecule has 1 N–H and O–H groups in total. The molecule has 132 valence electrons. The summed E-state index contributed by atoms with van der Waals surface area (Å²) in [4.78, 5) is 25.9. The Kier molecular flexibility index (Phi) is 5.57. The van der Waals surface area contributed by atoms with Gasteiger partial charge >= 0.3 is 0 Å². The van der Waals surface area contributed by atoms with Crippen LogP contribution >= 0.6 is 0 Å². The van der Waals surface area contributed by atoms with Gasteiger partial charge in [-0.05, 0) is 17.2 Å². The SMILES string of the molecule is Cn1nc(C(=O)NCc2cccc(CN3CCOCC3)c2)ccc1=O. The highest BCUT2D eigenvalue weighted by atomic mass is 16.5. The molecule has 1 aliphatic heterocycles. The van der Waals surface area contributed by atoms with E-state index < -0.39 is 0 Å². The molecule has 1 fully saturated rings. The number of nitrogens with one attached hydrogen (secondary N) is 1. The van der Waals surface area contributed by atoms with Gasteiger partial charge in [0.25, 0.3) is 11.5 Å². The van der Waals surface area contributed by atoms with Crippen LogP contribution in [0.1, 0.15) is 21.6 Å². The van der Waals surface area contributed by atoms with E-state index in [1.54, 1.807) is 0 Å². The predicted molar refractivity (Wildman–Crippen MR) is 93.2 cm³/mol. The summed E-state index contributed by atoms with van der Waals surface area (Å²) in [5.41, 5.74) is 2.23. The second-order valence-corrected chi connectivity index (χ2v) is 6.07. The number of benzene rings is 1. The van der Waals surface area contributed by atoms with Gasteiger partial charge in [-0.1, -0.05) is 24.3 Å². The molecule has 25 heavy (non-hydrogen) atoms. The van der Waals surface area contributed by atoms with Gasteiger partial charge < -0.3 is 10.1 Å². The summed E-state index contributed by atoms with van der Waals surface area (Å²) in [6.45, 7) is 4.75. The standard InChI is InChI=1S/C18H22N4O3/c1-21-17(23)6-5-16(20-21)18(24)19-12-14-3-2-4-15(11-14)13-22-7-9-25-10-8-22/h2-6,11H,7-10,12-13H2,1H3,(H,19,24). The Morgan fingerprint density at radius 2 is 1.96 bits per heavy atom. The number of carbonyl (C=O) groups is 1. The van der Waals surface area contributed by atoms with Crippen molar-refractivity contribution in [3.05, 3.63) is 63.6 Å². The fraction of sp³-hybridized carbons (Fsp3) is 0.389. The highest BCUT2D eigenvalue weighted by Crippen LogP contribution is 2.10. The molecule has 0 atom stereocenters. The van der Waals surface area contributed by atoms with Crippen LogP contribution in [0.3, 0.4) is 0 Å². The molecule has 0 bridgehead atoms. The molecule has 0 unspecified atom stereocenters. The monoisotopic (exact) mass is 342 g/mol. The molecular formula is C18H22N4O3. The average Bonchev–Trinajstić information content (AvgIpc) is 2.63. The van der Waals surface area contributed by atoms with Crippen molar-refractivity contribution >= 4 is 5.91 Å². The number of ether oxygens (including phenoxy) is 1. The third-order valence-corrected chi connectivity index (χ3v) is 4.15. The fourth-order valence-corrected chi connectivity index (χ4v) is 2.75. The zero-order valence-corrected chi connectivity index (χ0v) is 14.3. The first-order chi connectivity index (χ1) is 12.1. The number of morpholine rings is 1. The highest BCUT2D eigenvalue weighted by molar-refractivity contribution is 5.91. The van der Waals surface area contributed by atoms with Crippen LogP contribution in [0, 0.1) is 0 Å². The Hall–Kier alpha value is -2.51. The molecule has 2 aromatic rings. The summed E-state index contributed by atoms with van der Waals surface area (Å²) in [6, 6.07) is 11.0. The number of aryl methyl sites for hydroxylation is 1. The van der Waals surface area contributed by atoms with E-state index in [0.717, 1.165) is 43.1 Å². The quantitative estimate of drug-likeness (QED) is 0.858. The van der Waals surface area contributed by atoms with Gasteiger partial charge in [-0.2, -0.15) is 5.10 Å². The minimum atomic E-state index is -0.297. The molecule has 1 aromatic heterocycles. The van der Waals surface area contributed by atoms with E-state index in [1.807, 2.05) is 12.1 Å². The Morgan fingerprint density at radius 3 is 2.72 bits per heavy atom. The topological polar surface area (TPSA) is 76.5 Å². The van der Waals surface area contributed by atoms with Crippen molar-refractivity contribution < 1.29 is 9.53 Å². The van der Waals surface area contributed by atoms with Gasteiger partial charge in [0, 0.05) is 39.3 Å². The minimum absolute atomic E-state index is 0.228. The van der Waals surface area contributed by atoms with Crippen molar-refractivity contribution in [1.82, 2.24) is 20.0 Å². The Balaban J connectivity index is 1.59. The molecule has 0 radical (unpaired) electrons. The number of amides is 1. The van der Waals surface area contributed by atoms with Crippen LogP contribution in [0.5, 0.6) is 0 Å². The molecule has 0 spiro atoms. The second-order valence-electron chi connectivity index (χ2n) is 6.07. The third-order valence-electron chi connectivity index (χ3n) is 4.15. The molecular weight excluding hydrogens is 320 g/mol. The van der Waals surface area contributed by atoms with Gasteiger partial charge in [0.1, 0.15) is 5.69 Å². The summed E-state index contributed by atoms with van der Waals surface area (Å²) in [5.74, 6) is -0.297. The molecule has 3 rings (SSSR count). The molecule has 0 saturated carbocycles. The van der Waals surface area contributed by atoms with Gasteiger partial charge in [-0.25, -0.2) is 4.68 Å². The summed E-state index contributed by atoms with van der Waals surface area (Å²) in [5, 5.41) is 6.80. The van der Waals surface area contributed by atoms with Crippen LogP contribution < -0.4 is 10.9 Å². The smallest absolute Gasteiger partial charge is 0.271 e. The first-order valence-electron chi connectivity index (χ1n) is 8.32. The second kappa shape index (κ2) is 8.04. The van der Waals surface area contributed by atoms with Gasteiger partial charge in [0.15, 0.2) is 0 Å². The maximum atomic E-state index is 12.2. The van der Waals surface area contributed by atoms with Crippen LogP contribution in [-0.2, 0) is 24.9 Å². The van der Waals surface area contributed by atoms with Crippen LogP contribution in [-0.4, -0.2) is 46.9 Å². The molecule has 7 nitrogen and oxygen atoms in total. The highest BCUT2D eigenvalue weighted by Gasteiger charge is 2.11.